The van der Waals surface area contributed by atoms with Crippen LogP contribution in [-0.2, 0) is 11.3 Å². The molecule has 0 heterocycles. The van der Waals surface area contributed by atoms with E-state index < -0.39 is 0 Å². The maximum absolute atomic E-state index is 12.2. The smallest absolute Gasteiger partial charge is 0.238 e. The van der Waals surface area contributed by atoms with Gasteiger partial charge in [-0.15, -0.1) is 0 Å². The van der Waals surface area contributed by atoms with Gasteiger partial charge in [0.25, 0.3) is 0 Å². The Kier molecular flexibility index (Phi) is 6.17. The first-order valence-corrected chi connectivity index (χ1v) is 8.52. The minimum atomic E-state index is -0.0139. The fraction of sp³-hybridized carbons (Fsp3) is 0.235. The minimum absolute atomic E-state index is 0.0139. The van der Waals surface area contributed by atoms with Crippen LogP contribution in [0.3, 0.4) is 0 Å². The zero-order valence-corrected chi connectivity index (χ0v) is 15.7. The molecule has 0 saturated heterocycles. The molecular weight excluding hydrogens is 408 g/mol. The first-order valence-electron chi connectivity index (χ1n) is 6.93. The Bertz CT molecular complexity index is 673. The van der Waals surface area contributed by atoms with E-state index in [-0.39, 0.29) is 5.91 Å². The number of nitrogens with zero attached hydrogens (tertiary/aromatic N) is 1. The summed E-state index contributed by atoms with van der Waals surface area (Å²) in [5, 5.41) is 2.96. The predicted molar refractivity (Wildman–Crippen MR) is 98.0 cm³/mol. The van der Waals surface area contributed by atoms with E-state index in [0.717, 1.165) is 25.8 Å². The van der Waals surface area contributed by atoms with E-state index in [4.69, 9.17) is 0 Å². The van der Waals surface area contributed by atoms with Gasteiger partial charge in [-0.25, -0.2) is 0 Å². The lowest BCUT2D eigenvalue weighted by molar-refractivity contribution is -0.117. The first-order chi connectivity index (χ1) is 10.5. The number of rotatable bonds is 5. The molecule has 0 radical (unpaired) electrons. The van der Waals surface area contributed by atoms with Gasteiger partial charge in [0.2, 0.25) is 5.91 Å². The standard InChI is InChI=1S/C17H18Br2N2O/c1-12-9-14(18)7-8-16(12)20-17(22)11-21(2)10-13-5-3-4-6-15(13)19/h3-9H,10-11H2,1-2H3,(H,20,22). The Hall–Kier alpha value is -1.17. The summed E-state index contributed by atoms with van der Waals surface area (Å²) >= 11 is 6.95. The molecule has 0 unspecified atom stereocenters. The first kappa shape index (κ1) is 17.2. The second-order valence-electron chi connectivity index (χ2n) is 5.27. The van der Waals surface area contributed by atoms with Gasteiger partial charge in [0.05, 0.1) is 6.54 Å². The molecule has 0 aliphatic rings. The highest BCUT2D eigenvalue weighted by Crippen LogP contribution is 2.20. The van der Waals surface area contributed by atoms with E-state index >= 15 is 0 Å². The van der Waals surface area contributed by atoms with Crippen LogP contribution in [0.15, 0.2) is 51.4 Å². The largest absolute Gasteiger partial charge is 0.325 e. The maximum Gasteiger partial charge on any atom is 0.238 e. The number of hydrogen-bond donors (Lipinski definition) is 1. The van der Waals surface area contributed by atoms with Crippen LogP contribution in [0.2, 0.25) is 0 Å². The molecule has 2 aromatic rings. The molecule has 22 heavy (non-hydrogen) atoms. The van der Waals surface area contributed by atoms with E-state index in [9.17, 15) is 4.79 Å². The number of amides is 1. The number of benzene rings is 2. The van der Waals surface area contributed by atoms with Crippen molar-refractivity contribution in [1.29, 1.82) is 0 Å². The predicted octanol–water partition coefficient (Wildman–Crippen LogP) is 4.59. The second kappa shape index (κ2) is 7.90. The number of carbonyl (C=O) groups excluding carboxylic acids is 1. The number of nitrogens with one attached hydrogen (secondary N) is 1. The van der Waals surface area contributed by atoms with Crippen molar-refractivity contribution in [3.63, 3.8) is 0 Å². The summed E-state index contributed by atoms with van der Waals surface area (Å²) in [4.78, 5) is 14.1. The van der Waals surface area contributed by atoms with Gasteiger partial charge in [0.15, 0.2) is 0 Å². The average molecular weight is 426 g/mol. The van der Waals surface area contributed by atoms with Crippen LogP contribution < -0.4 is 5.32 Å². The summed E-state index contributed by atoms with van der Waals surface area (Å²) in [6.45, 7) is 3.04. The third-order valence-corrected chi connectivity index (χ3v) is 4.54. The van der Waals surface area contributed by atoms with Crippen LogP contribution in [0.5, 0.6) is 0 Å². The molecule has 0 spiro atoms. The summed E-state index contributed by atoms with van der Waals surface area (Å²) in [5.74, 6) is -0.0139. The molecule has 116 valence electrons. The van der Waals surface area contributed by atoms with Crippen LogP contribution in [0.25, 0.3) is 0 Å². The molecule has 0 fully saturated rings. The van der Waals surface area contributed by atoms with Gasteiger partial charge in [-0.3, -0.25) is 9.69 Å². The normalized spacial score (nSPS) is 10.8. The Morgan fingerprint density at radius 2 is 1.91 bits per heavy atom. The Morgan fingerprint density at radius 3 is 2.59 bits per heavy atom. The lowest BCUT2D eigenvalue weighted by Crippen LogP contribution is -2.30. The van der Waals surface area contributed by atoms with Gasteiger partial charge < -0.3 is 5.32 Å². The van der Waals surface area contributed by atoms with Crippen molar-refractivity contribution in [1.82, 2.24) is 4.90 Å². The summed E-state index contributed by atoms with van der Waals surface area (Å²) in [5.41, 5.74) is 3.05. The fourth-order valence-corrected chi connectivity index (χ4v) is 3.06. The molecule has 0 aliphatic carbocycles. The van der Waals surface area contributed by atoms with Crippen molar-refractivity contribution in [2.75, 3.05) is 18.9 Å². The summed E-state index contributed by atoms with van der Waals surface area (Å²) in [7, 11) is 1.94. The van der Waals surface area contributed by atoms with Gasteiger partial charge in [-0.1, -0.05) is 50.1 Å². The van der Waals surface area contributed by atoms with Gasteiger partial charge in [-0.2, -0.15) is 0 Å². The number of carbonyl (C=O) groups is 1. The number of halogens is 2. The Balaban J connectivity index is 1.93. The van der Waals surface area contributed by atoms with Gasteiger partial charge in [0, 0.05) is 21.2 Å². The van der Waals surface area contributed by atoms with Crippen molar-refractivity contribution in [2.24, 2.45) is 0 Å². The van der Waals surface area contributed by atoms with Crippen LogP contribution >= 0.6 is 31.9 Å². The van der Waals surface area contributed by atoms with Crippen molar-refractivity contribution < 1.29 is 4.79 Å². The van der Waals surface area contributed by atoms with Crippen molar-refractivity contribution in [2.45, 2.75) is 13.5 Å². The van der Waals surface area contributed by atoms with Crippen molar-refractivity contribution >= 4 is 43.5 Å². The molecule has 3 nitrogen and oxygen atoms in total. The van der Waals surface area contributed by atoms with E-state index in [1.54, 1.807) is 0 Å². The van der Waals surface area contributed by atoms with Crippen LogP contribution in [0.1, 0.15) is 11.1 Å². The quantitative estimate of drug-likeness (QED) is 0.759. The van der Waals surface area contributed by atoms with Crippen LogP contribution in [0.4, 0.5) is 5.69 Å². The summed E-state index contributed by atoms with van der Waals surface area (Å²) < 4.78 is 2.07. The van der Waals surface area contributed by atoms with Gasteiger partial charge in [0.1, 0.15) is 0 Å². The molecule has 2 aromatic carbocycles. The van der Waals surface area contributed by atoms with E-state index in [2.05, 4.69) is 43.2 Å². The molecule has 2 rings (SSSR count). The lowest BCUT2D eigenvalue weighted by atomic mass is 10.2. The molecule has 0 aromatic heterocycles. The molecule has 0 bridgehead atoms. The molecular formula is C17H18Br2N2O. The van der Waals surface area contributed by atoms with Crippen molar-refractivity contribution in [3.05, 3.63) is 62.5 Å². The number of hydrogen-bond acceptors (Lipinski definition) is 2. The molecule has 0 saturated carbocycles. The summed E-state index contributed by atoms with van der Waals surface area (Å²) in [6, 6.07) is 13.9. The molecule has 5 heteroatoms. The Labute approximate surface area is 148 Å². The number of anilines is 1. The lowest BCUT2D eigenvalue weighted by Gasteiger charge is -2.17. The SMILES string of the molecule is Cc1cc(Br)ccc1NC(=O)CN(C)Cc1ccccc1Br. The van der Waals surface area contributed by atoms with Crippen LogP contribution in [-0.4, -0.2) is 24.4 Å². The Morgan fingerprint density at radius 1 is 1.18 bits per heavy atom. The van der Waals surface area contributed by atoms with Gasteiger partial charge >= 0.3 is 0 Å². The number of likely N-dealkylation sites (N-methyl/N-ethyl adjacent to an activating group) is 1. The second-order valence-corrected chi connectivity index (χ2v) is 7.04. The highest BCUT2D eigenvalue weighted by molar-refractivity contribution is 9.10. The zero-order valence-electron chi connectivity index (χ0n) is 12.6. The van der Waals surface area contributed by atoms with E-state index in [1.165, 1.54) is 0 Å². The van der Waals surface area contributed by atoms with Crippen molar-refractivity contribution in [3.8, 4) is 0 Å². The highest BCUT2D eigenvalue weighted by atomic mass is 79.9. The van der Waals surface area contributed by atoms with E-state index in [1.807, 2.05) is 55.3 Å². The van der Waals surface area contributed by atoms with Crippen LogP contribution in [0, 0.1) is 6.92 Å². The minimum Gasteiger partial charge on any atom is -0.325 e. The molecule has 1 N–H and O–H groups in total. The average Bonchev–Trinajstić information content (AvgIpc) is 2.44. The fourth-order valence-electron chi connectivity index (χ4n) is 2.18. The third-order valence-electron chi connectivity index (χ3n) is 3.27. The number of aryl methyl sites for hydroxylation is 1. The van der Waals surface area contributed by atoms with E-state index in [0.29, 0.717) is 13.1 Å². The zero-order chi connectivity index (χ0) is 16.1. The monoisotopic (exact) mass is 424 g/mol. The molecule has 1 amide bonds. The third kappa shape index (κ3) is 4.93. The molecule has 0 atom stereocenters. The highest BCUT2D eigenvalue weighted by Gasteiger charge is 2.10. The molecule has 0 aliphatic heterocycles. The maximum atomic E-state index is 12.2. The summed E-state index contributed by atoms with van der Waals surface area (Å²) in [6.07, 6.45) is 0. The van der Waals surface area contributed by atoms with Gasteiger partial charge in [-0.05, 0) is 49.4 Å². The topological polar surface area (TPSA) is 32.3 Å².